The first-order valence-electron chi connectivity index (χ1n) is 2.74. The van der Waals surface area contributed by atoms with Crippen molar-refractivity contribution in [2.75, 3.05) is 0 Å². The summed E-state index contributed by atoms with van der Waals surface area (Å²) < 4.78 is 0. The van der Waals surface area contributed by atoms with Crippen LogP contribution >= 0.6 is 12.2 Å². The van der Waals surface area contributed by atoms with Crippen molar-refractivity contribution in [3.63, 3.8) is 0 Å². The monoisotopic (exact) mass is 128 g/mol. The number of carbonyl (C=O) groups is 1. The number of hydrogen-bond acceptors (Lipinski definition) is 2. The molecule has 0 saturated heterocycles. The van der Waals surface area contributed by atoms with E-state index in [1.807, 2.05) is 6.92 Å². The van der Waals surface area contributed by atoms with E-state index in [1.165, 1.54) is 0 Å². The van der Waals surface area contributed by atoms with Crippen molar-refractivity contribution in [2.24, 2.45) is 5.92 Å². The molecule has 0 bridgehead atoms. The summed E-state index contributed by atoms with van der Waals surface area (Å²) in [6.45, 7) is 1.93. The van der Waals surface area contributed by atoms with Gasteiger partial charge in [-0.3, -0.25) is 4.79 Å². The standard InChI is InChI=1S/C6H8OS/c1-4-2-5(8)3-6(4)7/h4H,2-3H2,1H3. The first-order chi connectivity index (χ1) is 3.70. The number of rotatable bonds is 0. The number of Topliss-reactive ketones (excluding diaryl/α,β-unsaturated/α-hetero) is 1. The summed E-state index contributed by atoms with van der Waals surface area (Å²) >= 11 is 4.85. The van der Waals surface area contributed by atoms with Crippen LogP contribution in [0.5, 0.6) is 0 Å². The first-order valence-corrected chi connectivity index (χ1v) is 3.15. The first kappa shape index (κ1) is 5.89. The zero-order chi connectivity index (χ0) is 6.15. The Hall–Kier alpha value is -0.240. The van der Waals surface area contributed by atoms with Crippen LogP contribution in [0.3, 0.4) is 0 Å². The highest BCUT2D eigenvalue weighted by Gasteiger charge is 2.23. The summed E-state index contributed by atoms with van der Waals surface area (Å²) in [5, 5.41) is 0. The Balaban J connectivity index is 2.64. The molecule has 0 amide bonds. The van der Waals surface area contributed by atoms with E-state index in [-0.39, 0.29) is 5.92 Å². The van der Waals surface area contributed by atoms with Gasteiger partial charge in [0.25, 0.3) is 0 Å². The van der Waals surface area contributed by atoms with Gasteiger partial charge in [-0.1, -0.05) is 19.1 Å². The maximum atomic E-state index is 10.7. The Labute approximate surface area is 54.1 Å². The minimum Gasteiger partial charge on any atom is -0.299 e. The normalized spacial score (nSPS) is 29.4. The van der Waals surface area contributed by atoms with Crippen molar-refractivity contribution in [1.29, 1.82) is 0 Å². The highest BCUT2D eigenvalue weighted by Crippen LogP contribution is 2.17. The minimum absolute atomic E-state index is 0.211. The van der Waals surface area contributed by atoms with Gasteiger partial charge in [0, 0.05) is 17.2 Å². The Bertz CT molecular complexity index is 139. The molecule has 0 radical (unpaired) electrons. The number of thiocarbonyl (C=S) groups is 1. The molecule has 0 aromatic carbocycles. The molecule has 1 atom stereocenters. The molecule has 1 aliphatic rings. The molecule has 8 heavy (non-hydrogen) atoms. The molecule has 1 fully saturated rings. The van der Waals surface area contributed by atoms with E-state index in [1.54, 1.807) is 0 Å². The van der Waals surface area contributed by atoms with E-state index >= 15 is 0 Å². The van der Waals surface area contributed by atoms with Crippen LogP contribution in [0.25, 0.3) is 0 Å². The number of ketones is 1. The zero-order valence-electron chi connectivity index (χ0n) is 4.81. The van der Waals surface area contributed by atoms with Crippen molar-refractivity contribution in [3.8, 4) is 0 Å². The molecule has 0 aromatic heterocycles. The van der Waals surface area contributed by atoms with Gasteiger partial charge in [-0.25, -0.2) is 0 Å². The molecule has 44 valence electrons. The Morgan fingerprint density at radius 2 is 2.38 bits per heavy atom. The topological polar surface area (TPSA) is 17.1 Å². The van der Waals surface area contributed by atoms with Gasteiger partial charge in [-0.2, -0.15) is 0 Å². The van der Waals surface area contributed by atoms with E-state index in [0.29, 0.717) is 12.2 Å². The van der Waals surface area contributed by atoms with Crippen molar-refractivity contribution in [1.82, 2.24) is 0 Å². The molecule has 1 saturated carbocycles. The maximum Gasteiger partial charge on any atom is 0.140 e. The molecule has 2 heteroatoms. The smallest absolute Gasteiger partial charge is 0.140 e. The van der Waals surface area contributed by atoms with Crippen LogP contribution in [0.1, 0.15) is 19.8 Å². The summed E-state index contributed by atoms with van der Waals surface area (Å²) in [5.74, 6) is 0.525. The number of hydrogen-bond donors (Lipinski definition) is 0. The van der Waals surface area contributed by atoms with Gasteiger partial charge in [-0.15, -0.1) is 0 Å². The zero-order valence-corrected chi connectivity index (χ0v) is 5.62. The third-order valence-electron chi connectivity index (χ3n) is 1.45. The van der Waals surface area contributed by atoms with Gasteiger partial charge in [0.1, 0.15) is 5.78 Å². The van der Waals surface area contributed by atoms with Gasteiger partial charge in [-0.05, 0) is 6.42 Å². The van der Waals surface area contributed by atoms with Crippen LogP contribution in [0.15, 0.2) is 0 Å². The molecule has 0 N–H and O–H groups in total. The van der Waals surface area contributed by atoms with Gasteiger partial charge >= 0.3 is 0 Å². The van der Waals surface area contributed by atoms with E-state index in [9.17, 15) is 4.79 Å². The van der Waals surface area contributed by atoms with Gasteiger partial charge in [0.2, 0.25) is 0 Å². The molecule has 0 spiro atoms. The van der Waals surface area contributed by atoms with E-state index in [4.69, 9.17) is 12.2 Å². The average Bonchev–Trinajstić information content (AvgIpc) is 1.85. The number of carbonyl (C=O) groups excluding carboxylic acids is 1. The summed E-state index contributed by atoms with van der Waals surface area (Å²) in [7, 11) is 0. The summed E-state index contributed by atoms with van der Waals surface area (Å²) in [6, 6.07) is 0. The molecule has 0 aliphatic heterocycles. The quantitative estimate of drug-likeness (QED) is 0.458. The van der Waals surface area contributed by atoms with Crippen LogP contribution in [0.2, 0.25) is 0 Å². The lowest BCUT2D eigenvalue weighted by Gasteiger charge is -1.90. The van der Waals surface area contributed by atoms with Crippen LogP contribution in [0.4, 0.5) is 0 Å². The molecular weight excluding hydrogens is 120 g/mol. The lowest BCUT2D eigenvalue weighted by Crippen LogP contribution is -1.98. The molecule has 1 rings (SSSR count). The molecule has 0 aromatic rings. The molecule has 1 aliphatic carbocycles. The second-order valence-corrected chi connectivity index (χ2v) is 2.86. The van der Waals surface area contributed by atoms with Gasteiger partial charge in [0.05, 0.1) is 0 Å². The second-order valence-electron chi connectivity index (χ2n) is 2.29. The average molecular weight is 128 g/mol. The van der Waals surface area contributed by atoms with Crippen molar-refractivity contribution >= 4 is 22.9 Å². The Kier molecular flexibility index (Phi) is 1.43. The predicted octanol–water partition coefficient (Wildman–Crippen LogP) is 1.36. The van der Waals surface area contributed by atoms with Gasteiger partial charge < -0.3 is 0 Å². The van der Waals surface area contributed by atoms with E-state index in [0.717, 1.165) is 11.3 Å². The SMILES string of the molecule is CC1CC(=S)CC1=O. The molecule has 1 unspecified atom stereocenters. The van der Waals surface area contributed by atoms with Crippen LogP contribution in [-0.2, 0) is 4.79 Å². The summed E-state index contributed by atoms with van der Waals surface area (Å²) in [6.07, 6.45) is 1.39. The fraction of sp³-hybridized carbons (Fsp3) is 0.667. The van der Waals surface area contributed by atoms with Crippen molar-refractivity contribution < 1.29 is 4.79 Å². The molecular formula is C6H8OS. The summed E-state index contributed by atoms with van der Waals surface area (Å²) in [5.41, 5.74) is 0. The second kappa shape index (κ2) is 1.94. The fourth-order valence-corrected chi connectivity index (χ4v) is 1.29. The Morgan fingerprint density at radius 3 is 2.50 bits per heavy atom. The van der Waals surface area contributed by atoms with Crippen LogP contribution < -0.4 is 0 Å². The molecule has 0 heterocycles. The van der Waals surface area contributed by atoms with E-state index in [2.05, 4.69) is 0 Å². The fourth-order valence-electron chi connectivity index (χ4n) is 0.896. The van der Waals surface area contributed by atoms with Gasteiger partial charge in [0.15, 0.2) is 0 Å². The van der Waals surface area contributed by atoms with Crippen molar-refractivity contribution in [3.05, 3.63) is 0 Å². The highest BCUT2D eigenvalue weighted by molar-refractivity contribution is 7.80. The van der Waals surface area contributed by atoms with Crippen molar-refractivity contribution in [2.45, 2.75) is 19.8 Å². The van der Waals surface area contributed by atoms with Crippen LogP contribution in [-0.4, -0.2) is 10.6 Å². The van der Waals surface area contributed by atoms with Crippen LogP contribution in [0, 0.1) is 5.92 Å². The third kappa shape index (κ3) is 0.944. The maximum absolute atomic E-state index is 10.7. The Morgan fingerprint density at radius 1 is 1.75 bits per heavy atom. The molecule has 1 nitrogen and oxygen atoms in total. The highest BCUT2D eigenvalue weighted by atomic mass is 32.1. The lowest BCUT2D eigenvalue weighted by molar-refractivity contribution is -0.119. The summed E-state index contributed by atoms with van der Waals surface area (Å²) in [4.78, 5) is 11.6. The largest absolute Gasteiger partial charge is 0.299 e. The van der Waals surface area contributed by atoms with E-state index < -0.39 is 0 Å². The predicted molar refractivity (Wildman–Crippen MR) is 36.0 cm³/mol. The minimum atomic E-state index is 0.211. The third-order valence-corrected chi connectivity index (χ3v) is 1.77. The lowest BCUT2D eigenvalue weighted by atomic mass is 10.1.